The minimum Gasteiger partial charge on any atom is -0.351 e. The molecule has 0 atom stereocenters. The van der Waals surface area contributed by atoms with Gasteiger partial charge in [0, 0.05) is 42.1 Å². The summed E-state index contributed by atoms with van der Waals surface area (Å²) < 4.78 is 4.51. The van der Waals surface area contributed by atoms with Gasteiger partial charge < -0.3 is 9.13 Å². The lowest BCUT2D eigenvalue weighted by atomic mass is 9.94. The first-order valence-electron chi connectivity index (χ1n) is 10.6. The Balaban J connectivity index is 1.58. The summed E-state index contributed by atoms with van der Waals surface area (Å²) in [5.41, 5.74) is 3.84. The summed E-state index contributed by atoms with van der Waals surface area (Å²) in [4.78, 5) is 1.31. The van der Waals surface area contributed by atoms with Crippen molar-refractivity contribution in [1.82, 2.24) is 9.13 Å². The summed E-state index contributed by atoms with van der Waals surface area (Å²) in [6, 6.07) is 27.2. The fourth-order valence-corrected chi connectivity index (χ4v) is 6.06. The second-order valence-electron chi connectivity index (χ2n) is 8.41. The van der Waals surface area contributed by atoms with Crippen LogP contribution in [-0.4, -0.2) is 9.13 Å². The largest absolute Gasteiger partial charge is 0.351 e. The van der Waals surface area contributed by atoms with Gasteiger partial charge >= 0.3 is 0 Å². The number of hydrogen-bond donors (Lipinski definition) is 0. The maximum Gasteiger partial charge on any atom is 0.0590 e. The van der Waals surface area contributed by atoms with Gasteiger partial charge in [-0.25, -0.2) is 0 Å². The minimum absolute atomic E-state index is 1.28. The number of benzene rings is 4. The average molecular weight is 417 g/mol. The highest BCUT2D eigenvalue weighted by Gasteiger charge is 2.14. The Kier molecular flexibility index (Phi) is 3.32. The Hall–Kier alpha value is -3.56. The lowest BCUT2D eigenvalue weighted by Gasteiger charge is -2.10. The summed E-state index contributed by atoms with van der Waals surface area (Å²) in [6.45, 7) is 0. The molecule has 0 fully saturated rings. The third-order valence-electron chi connectivity index (χ3n) is 6.85. The zero-order chi connectivity index (χ0) is 20.7. The van der Waals surface area contributed by atoms with E-state index in [2.05, 4.69) is 108 Å². The van der Waals surface area contributed by atoms with Crippen LogP contribution in [0.15, 0.2) is 84.4 Å². The lowest BCUT2D eigenvalue weighted by molar-refractivity contribution is 0.969. The second-order valence-corrected chi connectivity index (χ2v) is 9.35. The van der Waals surface area contributed by atoms with Crippen molar-refractivity contribution >= 4 is 65.5 Å². The van der Waals surface area contributed by atoms with Gasteiger partial charge in [-0.1, -0.05) is 42.5 Å². The van der Waals surface area contributed by atoms with E-state index in [1.807, 2.05) is 0 Å². The number of nitrogens with zero attached hydrogens (tertiary/aromatic N) is 2. The fraction of sp³-hybridized carbons (Fsp3) is 0.0714. The van der Waals surface area contributed by atoms with E-state index in [1.54, 1.807) is 11.3 Å². The van der Waals surface area contributed by atoms with Crippen LogP contribution in [0.1, 0.15) is 0 Å². The molecule has 2 nitrogen and oxygen atoms in total. The highest BCUT2D eigenvalue weighted by atomic mass is 32.1. The molecule has 0 aliphatic rings. The van der Waals surface area contributed by atoms with Crippen molar-refractivity contribution in [3.8, 4) is 10.6 Å². The number of aryl methyl sites for hydroxylation is 2. The van der Waals surface area contributed by atoms with Crippen LogP contribution in [0.5, 0.6) is 0 Å². The Labute approximate surface area is 183 Å². The molecule has 0 aliphatic carbocycles. The molecule has 3 aromatic heterocycles. The van der Waals surface area contributed by atoms with Crippen LogP contribution < -0.4 is 0 Å². The van der Waals surface area contributed by atoms with Crippen LogP contribution in [0.25, 0.3) is 64.7 Å². The first-order valence-corrected chi connectivity index (χ1v) is 11.4. The molecule has 31 heavy (non-hydrogen) atoms. The van der Waals surface area contributed by atoms with Crippen molar-refractivity contribution in [3.05, 3.63) is 84.4 Å². The van der Waals surface area contributed by atoms with Gasteiger partial charge in [-0.15, -0.1) is 11.3 Å². The van der Waals surface area contributed by atoms with Gasteiger partial charge in [-0.05, 0) is 68.0 Å². The molecule has 3 heterocycles. The molecule has 0 bridgehead atoms. The monoisotopic (exact) mass is 416 g/mol. The molecule has 0 aliphatic heterocycles. The summed E-state index contributed by atoms with van der Waals surface area (Å²) in [5.74, 6) is 0. The molecule has 0 N–H and O–H groups in total. The Morgan fingerprint density at radius 3 is 1.81 bits per heavy atom. The summed E-state index contributed by atoms with van der Waals surface area (Å²) in [7, 11) is 4.28. The van der Waals surface area contributed by atoms with Gasteiger partial charge in [-0.3, -0.25) is 0 Å². The number of fused-ring (bicyclic) bond motifs is 9. The number of rotatable bonds is 1. The minimum atomic E-state index is 1.28. The van der Waals surface area contributed by atoms with E-state index in [0.29, 0.717) is 0 Å². The van der Waals surface area contributed by atoms with Gasteiger partial charge in [0.2, 0.25) is 0 Å². The van der Waals surface area contributed by atoms with Gasteiger partial charge in [0.25, 0.3) is 0 Å². The molecule has 3 heteroatoms. The fourth-order valence-electron chi connectivity index (χ4n) is 5.28. The summed E-state index contributed by atoms with van der Waals surface area (Å²) in [5, 5.41) is 12.7. The number of thiophene rings is 1. The second kappa shape index (κ2) is 5.99. The van der Waals surface area contributed by atoms with E-state index >= 15 is 0 Å². The Morgan fingerprint density at radius 1 is 0.581 bits per heavy atom. The standard InChI is InChI=1S/C28H20N2S/c1-29-14-13-23-21-7-5-18-17(19(21)9-11-25(23)29)6-8-22-20(18)10-12-26-24(22)16-27(30(26)2)28-4-3-15-31-28/h3-16H,1-2H3. The normalized spacial score (nSPS) is 12.2. The van der Waals surface area contributed by atoms with Crippen molar-refractivity contribution in [1.29, 1.82) is 0 Å². The molecular weight excluding hydrogens is 396 g/mol. The van der Waals surface area contributed by atoms with Crippen molar-refractivity contribution in [3.63, 3.8) is 0 Å². The van der Waals surface area contributed by atoms with Crippen LogP contribution >= 0.6 is 11.3 Å². The molecule has 4 aromatic carbocycles. The average Bonchev–Trinajstić information content (AvgIpc) is 3.53. The van der Waals surface area contributed by atoms with E-state index in [9.17, 15) is 0 Å². The van der Waals surface area contributed by atoms with Crippen LogP contribution in [0.4, 0.5) is 0 Å². The van der Waals surface area contributed by atoms with E-state index in [0.717, 1.165) is 0 Å². The summed E-state index contributed by atoms with van der Waals surface area (Å²) >= 11 is 1.79. The first kappa shape index (κ1) is 17.2. The maximum absolute atomic E-state index is 2.35. The molecule has 0 spiro atoms. The quantitative estimate of drug-likeness (QED) is 0.241. The predicted molar refractivity (Wildman–Crippen MR) is 135 cm³/mol. The highest BCUT2D eigenvalue weighted by Crippen LogP contribution is 2.39. The number of aromatic nitrogens is 2. The predicted octanol–water partition coefficient (Wildman–Crippen LogP) is 7.86. The third-order valence-corrected chi connectivity index (χ3v) is 7.75. The van der Waals surface area contributed by atoms with E-state index < -0.39 is 0 Å². The molecule has 148 valence electrons. The zero-order valence-corrected chi connectivity index (χ0v) is 18.2. The molecule has 7 rings (SSSR count). The van der Waals surface area contributed by atoms with Crippen molar-refractivity contribution < 1.29 is 0 Å². The van der Waals surface area contributed by atoms with Crippen LogP contribution in [0, 0.1) is 0 Å². The molecule has 0 saturated carbocycles. The van der Waals surface area contributed by atoms with Gasteiger partial charge in [0.1, 0.15) is 0 Å². The molecule has 0 amide bonds. The number of hydrogen-bond acceptors (Lipinski definition) is 1. The summed E-state index contributed by atoms with van der Waals surface area (Å²) in [6.07, 6.45) is 2.14. The molecule has 0 radical (unpaired) electrons. The van der Waals surface area contributed by atoms with E-state index in [4.69, 9.17) is 0 Å². The smallest absolute Gasteiger partial charge is 0.0590 e. The molecule has 7 aromatic rings. The lowest BCUT2D eigenvalue weighted by Crippen LogP contribution is -1.89. The zero-order valence-electron chi connectivity index (χ0n) is 17.4. The Bertz CT molecular complexity index is 1800. The van der Waals surface area contributed by atoms with Crippen LogP contribution in [0.3, 0.4) is 0 Å². The van der Waals surface area contributed by atoms with Crippen molar-refractivity contribution in [2.45, 2.75) is 0 Å². The highest BCUT2D eigenvalue weighted by molar-refractivity contribution is 7.13. The van der Waals surface area contributed by atoms with Crippen molar-refractivity contribution in [2.24, 2.45) is 14.1 Å². The maximum atomic E-state index is 2.35. The van der Waals surface area contributed by atoms with Gasteiger partial charge in [-0.2, -0.15) is 0 Å². The SMILES string of the molecule is Cn1ccc2c3ccc4c(ccc5c4ccc4c5cc(-c5cccs5)n4C)c3ccc21. The van der Waals surface area contributed by atoms with E-state index in [1.165, 1.54) is 64.7 Å². The van der Waals surface area contributed by atoms with Crippen LogP contribution in [-0.2, 0) is 14.1 Å². The molecule has 0 unspecified atom stereocenters. The molecule has 0 saturated heterocycles. The molecular formula is C28H20N2S. The van der Waals surface area contributed by atoms with Crippen molar-refractivity contribution in [2.75, 3.05) is 0 Å². The van der Waals surface area contributed by atoms with E-state index in [-0.39, 0.29) is 0 Å². The Morgan fingerprint density at radius 2 is 1.16 bits per heavy atom. The van der Waals surface area contributed by atoms with Crippen LogP contribution in [0.2, 0.25) is 0 Å². The third kappa shape index (κ3) is 2.21. The van der Waals surface area contributed by atoms with Gasteiger partial charge in [0.15, 0.2) is 0 Å². The first-order chi connectivity index (χ1) is 15.2. The topological polar surface area (TPSA) is 9.86 Å². The van der Waals surface area contributed by atoms with Gasteiger partial charge in [0.05, 0.1) is 10.6 Å².